The molecule has 67 heavy (non-hydrogen) atoms. The molecule has 370 valence electrons. The lowest BCUT2D eigenvalue weighted by Gasteiger charge is -2.46. The van der Waals surface area contributed by atoms with Crippen molar-refractivity contribution < 1.29 is 50.8 Å². The fourth-order valence-electron chi connectivity index (χ4n) is 10.9. The lowest BCUT2D eigenvalue weighted by molar-refractivity contribution is -0.139. The Kier molecular flexibility index (Phi) is 20.7. The molecule has 2 aromatic rings. The Bertz CT molecular complexity index is 2050. The van der Waals surface area contributed by atoms with Gasteiger partial charge in [-0.1, -0.05) is 94.0 Å². The number of aromatic hydroxyl groups is 1. The Labute approximate surface area is 399 Å². The summed E-state index contributed by atoms with van der Waals surface area (Å²) in [5.41, 5.74) is 3.42. The number of benzene rings is 2. The van der Waals surface area contributed by atoms with Crippen LogP contribution in [0.2, 0.25) is 0 Å². The van der Waals surface area contributed by atoms with E-state index in [1.54, 1.807) is 24.3 Å². The summed E-state index contributed by atoms with van der Waals surface area (Å²) in [6, 6.07) is 11.0. The number of carboxylic acid groups (broad SMARTS) is 1. The van der Waals surface area contributed by atoms with Crippen LogP contribution in [0.4, 0.5) is 0 Å². The topological polar surface area (TPSA) is 223 Å². The Hall–Kier alpha value is -3.87. The second-order valence-corrected chi connectivity index (χ2v) is 20.3. The highest BCUT2D eigenvalue weighted by Crippen LogP contribution is 2.47. The fraction of sp³-hybridized carbons (Fsp3) is 0.618. The predicted molar refractivity (Wildman–Crippen MR) is 263 cm³/mol. The number of aliphatic hydroxyl groups excluding tert-OH is 6. The van der Waals surface area contributed by atoms with E-state index >= 15 is 0 Å². The molecule has 11 N–H and O–H groups in total. The van der Waals surface area contributed by atoms with E-state index in [4.69, 9.17) is 0 Å². The van der Waals surface area contributed by atoms with Crippen LogP contribution in [-0.2, 0) is 11.2 Å². The van der Waals surface area contributed by atoms with Gasteiger partial charge in [0.05, 0.1) is 43.0 Å². The zero-order valence-corrected chi connectivity index (χ0v) is 40.4. The molecule has 5 rings (SSSR count). The van der Waals surface area contributed by atoms with E-state index in [-0.39, 0.29) is 68.3 Å². The lowest BCUT2D eigenvalue weighted by Crippen LogP contribution is -2.57. The first-order chi connectivity index (χ1) is 32.0. The van der Waals surface area contributed by atoms with Gasteiger partial charge in [-0.15, -0.1) is 0 Å². The number of unbranched alkanes of at least 4 members (excludes halogenated alkanes) is 1. The summed E-state index contributed by atoms with van der Waals surface area (Å²) in [6.45, 7) is 9.39. The van der Waals surface area contributed by atoms with Crippen LogP contribution in [0.1, 0.15) is 140 Å². The third-order valence-electron chi connectivity index (χ3n) is 14.6. The first kappa shape index (κ1) is 54.1. The van der Waals surface area contributed by atoms with E-state index < -0.39 is 72.6 Å². The third-order valence-corrected chi connectivity index (χ3v) is 14.6. The third kappa shape index (κ3) is 14.8. The normalized spacial score (nSPS) is 27.6. The molecule has 0 amide bonds. The van der Waals surface area contributed by atoms with Crippen LogP contribution in [0, 0.1) is 35.5 Å². The molecule has 0 saturated carbocycles. The molecule has 2 heterocycles. The monoisotopic (exact) mass is 929 g/mol. The van der Waals surface area contributed by atoms with Gasteiger partial charge in [0.15, 0.2) is 0 Å². The molecule has 13 unspecified atom stereocenters. The summed E-state index contributed by atoms with van der Waals surface area (Å²) in [5, 5.41) is 108. The van der Waals surface area contributed by atoms with Crippen molar-refractivity contribution in [2.24, 2.45) is 23.7 Å². The highest BCUT2D eigenvalue weighted by molar-refractivity contribution is 5.67. The molecule has 1 aliphatic carbocycles. The summed E-state index contributed by atoms with van der Waals surface area (Å²) in [6.07, 6.45) is 8.43. The van der Waals surface area contributed by atoms with Crippen LogP contribution >= 0.6 is 0 Å². The molecular weight excluding hydrogens is 849 g/mol. The molecule has 0 spiro atoms. The van der Waals surface area contributed by atoms with Crippen molar-refractivity contribution in [2.75, 3.05) is 13.2 Å². The zero-order valence-electron chi connectivity index (χ0n) is 40.4. The van der Waals surface area contributed by atoms with E-state index in [0.29, 0.717) is 37.7 Å². The van der Waals surface area contributed by atoms with Gasteiger partial charge >= 0.3 is 5.97 Å². The fourth-order valence-corrected chi connectivity index (χ4v) is 10.9. The Balaban J connectivity index is 1.71. The molecule has 13 atom stereocenters. The van der Waals surface area contributed by atoms with Gasteiger partial charge in [0.2, 0.25) is 0 Å². The summed E-state index contributed by atoms with van der Waals surface area (Å²) < 4.78 is 0. The van der Waals surface area contributed by atoms with Crippen molar-refractivity contribution in [2.45, 2.75) is 178 Å². The number of phenols is 1. The molecule has 2 aliphatic heterocycles. The molecule has 12 nitrogen and oxygen atoms in total. The quantitative estimate of drug-likeness (QED) is 0.0677. The molecule has 0 bridgehead atoms. The maximum Gasteiger partial charge on any atom is 0.303 e. The molecular formula is C55H80N2O10. The minimum Gasteiger partial charge on any atom is -0.508 e. The minimum atomic E-state index is -1.51. The average Bonchev–Trinajstić information content (AvgIpc) is 3.44. The maximum atomic E-state index is 13.4. The van der Waals surface area contributed by atoms with Crippen molar-refractivity contribution in [3.05, 3.63) is 94.1 Å². The summed E-state index contributed by atoms with van der Waals surface area (Å²) >= 11 is 0. The van der Waals surface area contributed by atoms with Crippen LogP contribution in [0.25, 0.3) is 6.08 Å². The van der Waals surface area contributed by atoms with Gasteiger partial charge in [-0.3, -0.25) is 4.79 Å². The summed E-state index contributed by atoms with van der Waals surface area (Å²) in [7, 11) is 0. The van der Waals surface area contributed by atoms with Crippen LogP contribution < -0.4 is 10.6 Å². The molecule has 1 fully saturated rings. The van der Waals surface area contributed by atoms with Crippen molar-refractivity contribution in [1.82, 2.24) is 10.6 Å². The van der Waals surface area contributed by atoms with Crippen molar-refractivity contribution >= 4 is 12.0 Å². The highest BCUT2D eigenvalue weighted by atomic mass is 16.4. The number of allylic oxidation sites excluding steroid dienone is 3. The number of hydrogen-bond acceptors (Lipinski definition) is 11. The number of aliphatic carboxylic acids is 1. The van der Waals surface area contributed by atoms with E-state index in [2.05, 4.69) is 42.4 Å². The molecule has 2 aromatic carbocycles. The zero-order chi connectivity index (χ0) is 48.8. The van der Waals surface area contributed by atoms with E-state index in [9.17, 15) is 50.8 Å². The number of aliphatic hydroxyl groups is 7. The van der Waals surface area contributed by atoms with Crippen LogP contribution in [0.15, 0.2) is 71.8 Å². The van der Waals surface area contributed by atoms with Gasteiger partial charge in [0.1, 0.15) is 5.75 Å². The van der Waals surface area contributed by atoms with Crippen LogP contribution in [0.5, 0.6) is 5.75 Å². The van der Waals surface area contributed by atoms with Crippen molar-refractivity contribution in [3.8, 4) is 17.6 Å². The molecule has 12 heteroatoms. The summed E-state index contributed by atoms with van der Waals surface area (Å²) in [4.78, 5) is 12.3. The number of carbonyl (C=O) groups is 1. The highest BCUT2D eigenvalue weighted by Gasteiger charge is 2.47. The van der Waals surface area contributed by atoms with Gasteiger partial charge in [0, 0.05) is 48.7 Å². The smallest absolute Gasteiger partial charge is 0.303 e. The Morgan fingerprint density at radius 2 is 1.78 bits per heavy atom. The van der Waals surface area contributed by atoms with Gasteiger partial charge in [-0.2, -0.15) is 0 Å². The van der Waals surface area contributed by atoms with E-state index in [0.717, 1.165) is 47.1 Å². The van der Waals surface area contributed by atoms with Crippen LogP contribution in [-0.4, -0.2) is 119 Å². The first-order valence-corrected chi connectivity index (χ1v) is 24.8. The summed E-state index contributed by atoms with van der Waals surface area (Å²) in [5.74, 6) is 4.78. The molecule has 0 radical (unpaired) electrons. The SMILES string of the molecule is CCCCC(O)C(O)C=CC1=C(CC(O)CO)C(CCC(O)C2NC(C)CCC(CO)C2CC(=O)O)NC(C(C)(O)C2c3ccc(O)cc3C=CC2CC(C)C)CC#Cc2ccccc2CC1. The molecule has 3 aliphatic rings. The van der Waals surface area contributed by atoms with E-state index in [1.165, 1.54) is 0 Å². The van der Waals surface area contributed by atoms with Gasteiger partial charge in [-0.25, -0.2) is 0 Å². The molecule has 1 saturated heterocycles. The number of carboxylic acids is 1. The number of phenolic OH excluding ortho intramolecular Hbond substituents is 1. The number of rotatable bonds is 20. The lowest BCUT2D eigenvalue weighted by atomic mass is 9.65. The second kappa shape index (κ2) is 25.7. The molecule has 0 aromatic heterocycles. The number of nitrogens with one attached hydrogen (secondary N) is 2. The van der Waals surface area contributed by atoms with Crippen molar-refractivity contribution in [1.29, 1.82) is 0 Å². The second-order valence-electron chi connectivity index (χ2n) is 20.3. The average molecular weight is 929 g/mol. The largest absolute Gasteiger partial charge is 0.508 e. The van der Waals surface area contributed by atoms with Gasteiger partial charge in [-0.05, 0) is 141 Å². The first-order valence-electron chi connectivity index (χ1n) is 24.8. The number of hydrogen-bond donors (Lipinski definition) is 11. The van der Waals surface area contributed by atoms with E-state index in [1.807, 2.05) is 57.2 Å². The number of fused-ring (bicyclic) bond motifs is 2. The maximum absolute atomic E-state index is 13.4. The van der Waals surface area contributed by atoms with Gasteiger partial charge < -0.3 is 56.6 Å². The van der Waals surface area contributed by atoms with Gasteiger partial charge in [0.25, 0.3) is 0 Å². The minimum absolute atomic E-state index is 0.00219. The van der Waals surface area contributed by atoms with Crippen LogP contribution in [0.3, 0.4) is 0 Å². The number of aryl methyl sites for hydroxylation is 1. The standard InChI is InChI=1S/C55H80N2O10/c1-6-7-14-48(62)49(63)26-22-38-19-18-37-12-9-8-11-36(37)13-10-15-51(55(5,67)53-40(28-34(2)3)21-20-39-29-42(60)23-24-44(39)53)57-47(45(38)30-43(61)33-59)25-27-50(64)54-46(31-52(65)66)41(32-58)17-16-35(4)56-54/h8-9,11-12,20-24,26,29,34-35,40-41,43,46-51,53-54,56-64,67H,6-7,14-19,25,27-28,30-33H2,1-5H3,(H,65,66). The van der Waals surface area contributed by atoms with Crippen molar-refractivity contribution in [3.63, 3.8) is 0 Å². The Morgan fingerprint density at radius 1 is 1.01 bits per heavy atom. The Morgan fingerprint density at radius 3 is 2.48 bits per heavy atom. The predicted octanol–water partition coefficient (Wildman–Crippen LogP) is 6.12.